The first-order valence-corrected chi connectivity index (χ1v) is 10.7. The fraction of sp³-hybridized carbons (Fsp3) is 0.292. The van der Waals surface area contributed by atoms with Crippen LogP contribution in [-0.4, -0.2) is 33.0 Å². The third kappa shape index (κ3) is 4.22. The molecule has 6 nitrogen and oxygen atoms in total. The molecule has 1 aliphatic heterocycles. The van der Waals surface area contributed by atoms with Crippen LogP contribution in [0.1, 0.15) is 49.7 Å². The summed E-state index contributed by atoms with van der Waals surface area (Å²) in [7, 11) is 0. The number of carbonyl (C=O) groups is 2. The highest BCUT2D eigenvalue weighted by molar-refractivity contribution is 6.04. The lowest BCUT2D eigenvalue weighted by molar-refractivity contribution is -0.137. The average molecular weight is 454 g/mol. The molecule has 5 rings (SSSR count). The number of alkyl halides is 3. The molecule has 0 atom stereocenters. The van der Waals surface area contributed by atoms with Crippen molar-refractivity contribution in [3.05, 3.63) is 82.2 Å². The number of hydrogen-bond donors (Lipinski definition) is 1. The Balaban J connectivity index is 1.30. The Bertz CT molecular complexity index is 1250. The summed E-state index contributed by atoms with van der Waals surface area (Å²) in [6, 6.07) is 12.2. The Hall–Kier alpha value is -3.62. The molecule has 0 saturated heterocycles. The van der Waals surface area contributed by atoms with E-state index in [4.69, 9.17) is 0 Å². The predicted octanol–water partition coefficient (Wildman–Crippen LogP) is 4.30. The number of hydrogen-bond acceptors (Lipinski definition) is 3. The topological polar surface area (TPSA) is 67.2 Å². The molecule has 2 aromatic carbocycles. The van der Waals surface area contributed by atoms with Gasteiger partial charge in [0.1, 0.15) is 5.69 Å². The Labute approximate surface area is 188 Å². The largest absolute Gasteiger partial charge is 0.416 e. The van der Waals surface area contributed by atoms with Crippen LogP contribution in [0.5, 0.6) is 0 Å². The van der Waals surface area contributed by atoms with Crippen molar-refractivity contribution in [1.82, 2.24) is 14.7 Å². The number of carbonyl (C=O) groups excluding carboxylic acids is 2. The number of fused-ring (bicyclic) bond motifs is 2. The lowest BCUT2D eigenvalue weighted by Crippen LogP contribution is -2.39. The van der Waals surface area contributed by atoms with Gasteiger partial charge in [0.2, 0.25) is 0 Å². The first-order chi connectivity index (χ1) is 15.8. The van der Waals surface area contributed by atoms with Crippen molar-refractivity contribution in [2.75, 3.05) is 11.9 Å². The van der Waals surface area contributed by atoms with Gasteiger partial charge in [-0.3, -0.25) is 14.3 Å². The third-order valence-corrected chi connectivity index (χ3v) is 6.08. The van der Waals surface area contributed by atoms with Crippen molar-refractivity contribution in [2.24, 2.45) is 0 Å². The molecule has 170 valence electrons. The maximum Gasteiger partial charge on any atom is 0.416 e. The number of rotatable bonds is 4. The first kappa shape index (κ1) is 21.2. The second-order valence-electron chi connectivity index (χ2n) is 8.35. The molecule has 3 aromatic rings. The van der Waals surface area contributed by atoms with Gasteiger partial charge in [0, 0.05) is 24.8 Å². The molecule has 0 spiro atoms. The summed E-state index contributed by atoms with van der Waals surface area (Å²) in [5, 5.41) is 7.10. The van der Waals surface area contributed by atoms with E-state index in [1.54, 1.807) is 6.07 Å². The number of nitrogens with one attached hydrogen (secondary N) is 1. The number of anilines is 1. The van der Waals surface area contributed by atoms with Gasteiger partial charge >= 0.3 is 6.18 Å². The van der Waals surface area contributed by atoms with Gasteiger partial charge in [-0.25, -0.2) is 0 Å². The van der Waals surface area contributed by atoms with Crippen LogP contribution in [0.4, 0.5) is 18.9 Å². The van der Waals surface area contributed by atoms with E-state index < -0.39 is 17.6 Å². The van der Waals surface area contributed by atoms with Crippen LogP contribution in [-0.2, 0) is 32.1 Å². The summed E-state index contributed by atoms with van der Waals surface area (Å²) < 4.78 is 40.4. The van der Waals surface area contributed by atoms with Crippen LogP contribution in [0.2, 0.25) is 0 Å². The van der Waals surface area contributed by atoms with Gasteiger partial charge in [0.25, 0.3) is 11.8 Å². The molecule has 9 heteroatoms. The monoisotopic (exact) mass is 454 g/mol. The fourth-order valence-corrected chi connectivity index (χ4v) is 4.41. The fourth-order valence-electron chi connectivity index (χ4n) is 4.41. The van der Waals surface area contributed by atoms with Crippen molar-refractivity contribution in [3.63, 3.8) is 0 Å². The zero-order valence-electron chi connectivity index (χ0n) is 17.7. The van der Waals surface area contributed by atoms with Crippen LogP contribution < -0.4 is 5.32 Å². The predicted molar refractivity (Wildman–Crippen MR) is 115 cm³/mol. The first-order valence-electron chi connectivity index (χ1n) is 10.7. The molecule has 2 heterocycles. The summed E-state index contributed by atoms with van der Waals surface area (Å²) in [6.07, 6.45) is -1.29. The van der Waals surface area contributed by atoms with Crippen LogP contribution >= 0.6 is 0 Å². The number of halogens is 3. The second kappa shape index (κ2) is 8.06. The van der Waals surface area contributed by atoms with Gasteiger partial charge in [-0.05, 0) is 60.2 Å². The summed E-state index contributed by atoms with van der Waals surface area (Å²) in [6.45, 7) is 0.687. The highest BCUT2D eigenvalue weighted by Gasteiger charge is 2.32. The molecule has 2 aliphatic rings. The van der Waals surface area contributed by atoms with Crippen molar-refractivity contribution in [1.29, 1.82) is 0 Å². The summed E-state index contributed by atoms with van der Waals surface area (Å²) >= 11 is 0. The van der Waals surface area contributed by atoms with E-state index in [0.717, 1.165) is 31.4 Å². The normalized spacial score (nSPS) is 15.4. The minimum Gasteiger partial charge on any atom is -0.331 e. The number of aryl methyl sites for hydroxylation is 2. The Kier molecular flexibility index (Phi) is 5.19. The van der Waals surface area contributed by atoms with Gasteiger partial charge in [0.15, 0.2) is 5.69 Å². The third-order valence-electron chi connectivity index (χ3n) is 6.08. The zero-order valence-corrected chi connectivity index (χ0v) is 17.7. The van der Waals surface area contributed by atoms with Crippen molar-refractivity contribution >= 4 is 17.5 Å². The number of nitrogens with zero attached hydrogens (tertiary/aromatic N) is 3. The molecular weight excluding hydrogens is 433 g/mol. The molecule has 33 heavy (non-hydrogen) atoms. The molecule has 1 aromatic heterocycles. The highest BCUT2D eigenvalue weighted by atomic mass is 19.4. The molecule has 0 radical (unpaired) electrons. The molecule has 0 saturated carbocycles. The zero-order chi connectivity index (χ0) is 23.2. The summed E-state index contributed by atoms with van der Waals surface area (Å²) in [5.41, 5.74) is 3.23. The van der Waals surface area contributed by atoms with Gasteiger partial charge in [0.05, 0.1) is 12.1 Å². The molecule has 0 bridgehead atoms. The highest BCUT2D eigenvalue weighted by Crippen LogP contribution is 2.30. The Morgan fingerprint density at radius 2 is 1.85 bits per heavy atom. The minimum atomic E-state index is -4.44. The summed E-state index contributed by atoms with van der Waals surface area (Å²) in [5.74, 6) is -0.783. The minimum absolute atomic E-state index is 0.0462. The van der Waals surface area contributed by atoms with E-state index in [2.05, 4.69) is 10.4 Å². The van der Waals surface area contributed by atoms with Crippen molar-refractivity contribution in [3.8, 4) is 0 Å². The molecular formula is C24H21F3N4O2. The van der Waals surface area contributed by atoms with E-state index in [-0.39, 0.29) is 30.4 Å². The van der Waals surface area contributed by atoms with E-state index in [1.165, 1.54) is 32.8 Å². The van der Waals surface area contributed by atoms with Gasteiger partial charge in [-0.1, -0.05) is 18.2 Å². The molecule has 1 N–H and O–H groups in total. The van der Waals surface area contributed by atoms with Crippen molar-refractivity contribution < 1.29 is 22.8 Å². The lowest BCUT2D eigenvalue weighted by Gasteiger charge is -2.27. The SMILES string of the molecule is O=C(Nc1ccc2c(c1)CCC2)c1cc2n(n1)CCN(Cc1cccc(C(F)(F)F)c1)C2=O. The van der Waals surface area contributed by atoms with Gasteiger partial charge in [-0.15, -0.1) is 0 Å². The maximum atomic E-state index is 13.0. The lowest BCUT2D eigenvalue weighted by atomic mass is 10.1. The number of amides is 2. The molecule has 0 fully saturated rings. The quantitative estimate of drug-likeness (QED) is 0.639. The van der Waals surface area contributed by atoms with Crippen LogP contribution in [0.15, 0.2) is 48.5 Å². The van der Waals surface area contributed by atoms with E-state index in [1.807, 2.05) is 18.2 Å². The van der Waals surface area contributed by atoms with Gasteiger partial charge in [-0.2, -0.15) is 18.3 Å². The van der Waals surface area contributed by atoms with Crippen LogP contribution in [0.3, 0.4) is 0 Å². The number of benzene rings is 2. The van der Waals surface area contributed by atoms with Gasteiger partial charge < -0.3 is 10.2 Å². The smallest absolute Gasteiger partial charge is 0.331 e. The average Bonchev–Trinajstić information content (AvgIpc) is 3.42. The molecule has 1 aliphatic carbocycles. The molecule has 2 amide bonds. The molecule has 0 unspecified atom stereocenters. The standard InChI is InChI=1S/C24H21F3N4O2/c25-24(26,27)18-6-1-3-15(11-18)14-30-9-10-31-21(23(30)33)13-20(29-31)22(32)28-19-8-7-16-4-2-5-17(16)12-19/h1,3,6-8,11-13H,2,4-5,9-10,14H2,(H,28,32). The van der Waals surface area contributed by atoms with E-state index in [0.29, 0.717) is 17.8 Å². The van der Waals surface area contributed by atoms with Crippen LogP contribution in [0.25, 0.3) is 0 Å². The Morgan fingerprint density at radius 3 is 2.67 bits per heavy atom. The number of aromatic nitrogens is 2. The van der Waals surface area contributed by atoms with Crippen LogP contribution in [0, 0.1) is 0 Å². The maximum absolute atomic E-state index is 13.0. The van der Waals surface area contributed by atoms with Crippen molar-refractivity contribution in [2.45, 2.75) is 38.5 Å². The van der Waals surface area contributed by atoms with E-state index in [9.17, 15) is 22.8 Å². The summed E-state index contributed by atoms with van der Waals surface area (Å²) in [4.78, 5) is 27.1. The van der Waals surface area contributed by atoms with E-state index >= 15 is 0 Å². The second-order valence-corrected chi connectivity index (χ2v) is 8.35. The Morgan fingerprint density at radius 1 is 1.03 bits per heavy atom.